The molecule has 2 aromatic rings. The van der Waals surface area contributed by atoms with E-state index >= 15 is 0 Å². The maximum Gasteiger partial charge on any atom is 0.150 e. The van der Waals surface area contributed by atoms with Crippen molar-refractivity contribution in [1.29, 1.82) is 0 Å². The fourth-order valence-corrected chi connectivity index (χ4v) is 2.71. The number of aromatic nitrogens is 2. The number of carbonyl (C=O) groups is 1. The number of hydrogen-bond acceptors (Lipinski definition) is 3. The molecule has 0 N–H and O–H groups in total. The highest BCUT2D eigenvalue weighted by Crippen LogP contribution is 2.27. The monoisotopic (exact) mass is 336 g/mol. The van der Waals surface area contributed by atoms with Gasteiger partial charge in [-0.3, -0.25) is 9.48 Å². The molecule has 5 heteroatoms. The van der Waals surface area contributed by atoms with Crippen LogP contribution in [0.15, 0.2) is 16.6 Å². The number of nitrogens with zero attached hydrogens (tertiary/aromatic N) is 2. The zero-order valence-corrected chi connectivity index (χ0v) is 13.6. The highest BCUT2D eigenvalue weighted by atomic mass is 79.9. The molecule has 20 heavy (non-hydrogen) atoms. The number of hydrogen-bond donors (Lipinski definition) is 0. The van der Waals surface area contributed by atoms with Gasteiger partial charge in [-0.05, 0) is 60.0 Å². The largest absolute Gasteiger partial charge is 0.487 e. The number of benzene rings is 1. The minimum absolute atomic E-state index is 0.431. The first-order valence-corrected chi connectivity index (χ1v) is 7.10. The van der Waals surface area contributed by atoms with Gasteiger partial charge in [0.15, 0.2) is 0 Å². The highest BCUT2D eigenvalue weighted by molar-refractivity contribution is 9.10. The fraction of sp³-hybridized carbons (Fsp3) is 0.333. The lowest BCUT2D eigenvalue weighted by atomic mass is 10.1. The van der Waals surface area contributed by atoms with Crippen LogP contribution < -0.4 is 4.74 Å². The van der Waals surface area contributed by atoms with Crippen molar-refractivity contribution >= 4 is 22.2 Å². The molecule has 0 aliphatic rings. The average Bonchev–Trinajstić information content (AvgIpc) is 2.63. The number of ether oxygens (including phenoxy) is 1. The standard InChI is InChI=1S/C15H17BrN2O2/c1-9-5-12(7-19)6-10(2)15(9)20-8-13-14(16)11(3)17-18(13)4/h5-7H,8H2,1-4H3. The third-order valence-electron chi connectivity index (χ3n) is 3.23. The van der Waals surface area contributed by atoms with Crippen LogP contribution >= 0.6 is 15.9 Å². The van der Waals surface area contributed by atoms with E-state index in [4.69, 9.17) is 4.74 Å². The van der Waals surface area contributed by atoms with E-state index in [1.165, 1.54) is 0 Å². The van der Waals surface area contributed by atoms with Crippen LogP contribution in [-0.2, 0) is 13.7 Å². The molecule has 0 aliphatic heterocycles. The van der Waals surface area contributed by atoms with E-state index < -0.39 is 0 Å². The predicted molar refractivity (Wildman–Crippen MR) is 81.3 cm³/mol. The number of carbonyl (C=O) groups excluding carboxylic acids is 1. The molecular weight excluding hydrogens is 320 g/mol. The number of aryl methyl sites for hydroxylation is 4. The molecule has 0 atom stereocenters. The summed E-state index contributed by atoms with van der Waals surface area (Å²) in [6, 6.07) is 3.66. The second-order valence-electron chi connectivity index (χ2n) is 4.86. The summed E-state index contributed by atoms with van der Waals surface area (Å²) in [6.45, 7) is 6.26. The lowest BCUT2D eigenvalue weighted by molar-refractivity contribution is 0.112. The van der Waals surface area contributed by atoms with E-state index in [1.54, 1.807) is 0 Å². The zero-order valence-electron chi connectivity index (χ0n) is 12.0. The number of aldehydes is 1. The Kier molecular flexibility index (Phi) is 4.28. The molecule has 0 amide bonds. The summed E-state index contributed by atoms with van der Waals surface area (Å²) in [4.78, 5) is 10.8. The predicted octanol–water partition coefficient (Wildman–Crippen LogP) is 3.50. The second-order valence-corrected chi connectivity index (χ2v) is 5.65. The van der Waals surface area contributed by atoms with Gasteiger partial charge in [0.05, 0.1) is 15.9 Å². The summed E-state index contributed by atoms with van der Waals surface area (Å²) < 4.78 is 8.70. The first-order chi connectivity index (χ1) is 9.43. The third kappa shape index (κ3) is 2.77. The van der Waals surface area contributed by atoms with Crippen molar-refractivity contribution in [1.82, 2.24) is 9.78 Å². The lowest BCUT2D eigenvalue weighted by Crippen LogP contribution is -2.05. The topological polar surface area (TPSA) is 44.1 Å². The van der Waals surface area contributed by atoms with Crippen molar-refractivity contribution in [3.8, 4) is 5.75 Å². The van der Waals surface area contributed by atoms with Crippen LogP contribution in [0.25, 0.3) is 0 Å². The van der Waals surface area contributed by atoms with Gasteiger partial charge >= 0.3 is 0 Å². The van der Waals surface area contributed by atoms with E-state index in [0.29, 0.717) is 12.2 Å². The van der Waals surface area contributed by atoms with Crippen molar-refractivity contribution in [3.05, 3.63) is 44.7 Å². The van der Waals surface area contributed by atoms with Gasteiger partial charge < -0.3 is 4.74 Å². The van der Waals surface area contributed by atoms with Gasteiger partial charge in [0.1, 0.15) is 18.6 Å². The molecule has 0 fully saturated rings. The van der Waals surface area contributed by atoms with Crippen LogP contribution in [0.5, 0.6) is 5.75 Å². The van der Waals surface area contributed by atoms with Crippen LogP contribution in [-0.4, -0.2) is 16.1 Å². The Morgan fingerprint density at radius 3 is 2.35 bits per heavy atom. The van der Waals surface area contributed by atoms with Crippen molar-refractivity contribution in [2.45, 2.75) is 27.4 Å². The maximum absolute atomic E-state index is 10.8. The first kappa shape index (κ1) is 14.8. The molecule has 1 aromatic heterocycles. The molecule has 1 aromatic carbocycles. The molecule has 0 radical (unpaired) electrons. The van der Waals surface area contributed by atoms with Crippen molar-refractivity contribution in [3.63, 3.8) is 0 Å². The van der Waals surface area contributed by atoms with Crippen molar-refractivity contribution < 1.29 is 9.53 Å². The SMILES string of the molecule is Cc1cc(C=O)cc(C)c1OCc1c(Br)c(C)nn1C. The van der Waals surface area contributed by atoms with Crippen LogP contribution in [0.1, 0.15) is 32.9 Å². The van der Waals surface area contributed by atoms with E-state index in [9.17, 15) is 4.79 Å². The summed E-state index contributed by atoms with van der Waals surface area (Å²) in [5.41, 5.74) is 4.52. The van der Waals surface area contributed by atoms with Gasteiger partial charge in [-0.2, -0.15) is 5.10 Å². The third-order valence-corrected chi connectivity index (χ3v) is 4.27. The smallest absolute Gasteiger partial charge is 0.150 e. The van der Waals surface area contributed by atoms with Crippen molar-refractivity contribution in [2.75, 3.05) is 0 Å². The Morgan fingerprint density at radius 1 is 1.30 bits per heavy atom. The van der Waals surface area contributed by atoms with Crippen LogP contribution in [0.2, 0.25) is 0 Å². The number of halogens is 1. The minimum atomic E-state index is 0.431. The molecule has 2 rings (SSSR count). The van der Waals surface area contributed by atoms with Crippen LogP contribution in [0.4, 0.5) is 0 Å². The van der Waals surface area contributed by atoms with Crippen LogP contribution in [0.3, 0.4) is 0 Å². The summed E-state index contributed by atoms with van der Waals surface area (Å²) >= 11 is 3.52. The van der Waals surface area contributed by atoms with E-state index in [1.807, 2.05) is 44.6 Å². The summed E-state index contributed by atoms with van der Waals surface area (Å²) in [5, 5.41) is 4.34. The highest BCUT2D eigenvalue weighted by Gasteiger charge is 2.13. The summed E-state index contributed by atoms with van der Waals surface area (Å²) in [5.74, 6) is 0.821. The molecule has 0 bridgehead atoms. The minimum Gasteiger partial charge on any atom is -0.487 e. The Hall–Kier alpha value is -1.62. The molecule has 106 valence electrons. The van der Waals surface area contributed by atoms with E-state index in [2.05, 4.69) is 21.0 Å². The van der Waals surface area contributed by atoms with Gasteiger partial charge in [-0.1, -0.05) is 0 Å². The zero-order chi connectivity index (χ0) is 14.9. The molecule has 0 saturated heterocycles. The molecule has 0 aliphatic carbocycles. The van der Waals surface area contributed by atoms with Gasteiger partial charge in [-0.15, -0.1) is 0 Å². The quantitative estimate of drug-likeness (QED) is 0.802. The average molecular weight is 337 g/mol. The number of rotatable bonds is 4. The molecule has 1 heterocycles. The fourth-order valence-electron chi connectivity index (χ4n) is 2.26. The van der Waals surface area contributed by atoms with Gasteiger partial charge in [0.2, 0.25) is 0 Å². The maximum atomic E-state index is 10.8. The summed E-state index contributed by atoms with van der Waals surface area (Å²) in [6.07, 6.45) is 0.852. The first-order valence-electron chi connectivity index (χ1n) is 6.31. The Morgan fingerprint density at radius 2 is 1.90 bits per heavy atom. The van der Waals surface area contributed by atoms with Gasteiger partial charge in [-0.25, -0.2) is 0 Å². The van der Waals surface area contributed by atoms with Gasteiger partial charge in [0.25, 0.3) is 0 Å². The molecule has 0 unspecified atom stereocenters. The van der Waals surface area contributed by atoms with Crippen LogP contribution in [0, 0.1) is 20.8 Å². The molecule has 0 spiro atoms. The lowest BCUT2D eigenvalue weighted by Gasteiger charge is -2.13. The second kappa shape index (κ2) is 5.79. The molecular formula is C15H17BrN2O2. The van der Waals surface area contributed by atoms with E-state index in [0.717, 1.165) is 39.0 Å². The Labute approximate surface area is 126 Å². The molecule has 4 nitrogen and oxygen atoms in total. The molecule has 0 saturated carbocycles. The normalized spacial score (nSPS) is 10.7. The Bertz CT molecular complexity index is 639. The summed E-state index contributed by atoms with van der Waals surface area (Å²) in [7, 11) is 1.89. The van der Waals surface area contributed by atoms with E-state index in [-0.39, 0.29) is 0 Å². The van der Waals surface area contributed by atoms with Gasteiger partial charge in [0, 0.05) is 12.6 Å². The van der Waals surface area contributed by atoms with Crippen molar-refractivity contribution in [2.24, 2.45) is 7.05 Å². The Balaban J connectivity index is 2.25.